The van der Waals surface area contributed by atoms with Gasteiger partial charge in [0.2, 0.25) is 5.91 Å². The summed E-state index contributed by atoms with van der Waals surface area (Å²) in [5, 5.41) is 15.5. The van der Waals surface area contributed by atoms with Crippen molar-refractivity contribution in [3.05, 3.63) is 59.2 Å². The summed E-state index contributed by atoms with van der Waals surface area (Å²) in [6.45, 7) is 4.02. The number of anilines is 1. The number of nitrogens with zero attached hydrogens (tertiary/aromatic N) is 1. The highest BCUT2D eigenvalue weighted by atomic mass is 16.3. The molecule has 6 nitrogen and oxygen atoms in total. The van der Waals surface area contributed by atoms with Gasteiger partial charge in [0.15, 0.2) is 0 Å². The number of aromatic hydroxyl groups is 1. The second kappa shape index (κ2) is 7.25. The Labute approximate surface area is 146 Å². The zero-order valence-electron chi connectivity index (χ0n) is 14.1. The Bertz CT molecular complexity index is 787. The molecular weight excluding hydrogens is 318 g/mol. The first-order valence-electron chi connectivity index (χ1n) is 8.21. The minimum atomic E-state index is -0.311. The Hall–Kier alpha value is -3.02. The molecule has 25 heavy (non-hydrogen) atoms. The van der Waals surface area contributed by atoms with Crippen LogP contribution in [0.25, 0.3) is 0 Å². The van der Waals surface area contributed by atoms with Gasteiger partial charge in [-0.3, -0.25) is 9.59 Å². The summed E-state index contributed by atoms with van der Waals surface area (Å²) in [5.41, 5.74) is 3.10. The summed E-state index contributed by atoms with van der Waals surface area (Å²) >= 11 is 0. The van der Waals surface area contributed by atoms with Crippen LogP contribution in [0.2, 0.25) is 0 Å². The van der Waals surface area contributed by atoms with Crippen molar-refractivity contribution in [2.45, 2.75) is 13.5 Å². The molecule has 0 bridgehead atoms. The molecule has 1 saturated heterocycles. The number of phenolic OH excluding ortho intramolecular Hbond substituents is 1. The van der Waals surface area contributed by atoms with Crippen LogP contribution in [0.15, 0.2) is 42.5 Å². The van der Waals surface area contributed by atoms with Crippen LogP contribution in [-0.4, -0.2) is 36.6 Å². The normalized spacial score (nSPS) is 14.1. The summed E-state index contributed by atoms with van der Waals surface area (Å²) in [6, 6.07) is 12.7. The second-order valence-corrected chi connectivity index (χ2v) is 6.14. The average Bonchev–Trinajstić information content (AvgIpc) is 2.60. The van der Waals surface area contributed by atoms with Crippen molar-refractivity contribution in [1.82, 2.24) is 10.6 Å². The van der Waals surface area contributed by atoms with Crippen LogP contribution in [0.4, 0.5) is 5.69 Å². The summed E-state index contributed by atoms with van der Waals surface area (Å²) in [6.07, 6.45) is 0. The molecule has 6 heteroatoms. The van der Waals surface area contributed by atoms with Crippen LogP contribution in [0, 0.1) is 6.92 Å². The molecule has 2 aromatic rings. The van der Waals surface area contributed by atoms with E-state index in [0.29, 0.717) is 19.6 Å². The maximum absolute atomic E-state index is 12.2. The lowest BCUT2D eigenvalue weighted by Gasteiger charge is -2.28. The van der Waals surface area contributed by atoms with Gasteiger partial charge in [0, 0.05) is 25.3 Å². The molecule has 0 unspecified atom stereocenters. The molecule has 0 spiro atoms. The Balaban J connectivity index is 1.60. The first kappa shape index (κ1) is 16.8. The van der Waals surface area contributed by atoms with Gasteiger partial charge in [-0.25, -0.2) is 0 Å². The number of benzene rings is 2. The van der Waals surface area contributed by atoms with Gasteiger partial charge in [-0.1, -0.05) is 18.2 Å². The minimum absolute atomic E-state index is 0.0174. The molecule has 2 aromatic carbocycles. The van der Waals surface area contributed by atoms with E-state index in [-0.39, 0.29) is 23.1 Å². The highest BCUT2D eigenvalue weighted by Crippen LogP contribution is 2.19. The van der Waals surface area contributed by atoms with Crippen LogP contribution >= 0.6 is 0 Å². The average molecular weight is 339 g/mol. The second-order valence-electron chi connectivity index (χ2n) is 6.14. The lowest BCUT2D eigenvalue weighted by atomic mass is 10.1. The van der Waals surface area contributed by atoms with Crippen LogP contribution in [0.5, 0.6) is 5.75 Å². The SMILES string of the molecule is Cc1ccc(C(=O)NCc2ccc(N3CCNC(=O)C3)cc2)c(O)c1. The van der Waals surface area contributed by atoms with Gasteiger partial charge in [0.25, 0.3) is 5.91 Å². The number of piperazine rings is 1. The Kier molecular flexibility index (Phi) is 4.88. The standard InChI is InChI=1S/C19H21N3O3/c1-13-2-7-16(17(23)10-13)19(25)21-11-14-3-5-15(6-4-14)22-9-8-20-18(24)12-22/h2-7,10,23H,8-9,11-12H2,1H3,(H,20,24)(H,21,25). The molecule has 2 amide bonds. The van der Waals surface area contributed by atoms with E-state index in [1.54, 1.807) is 18.2 Å². The number of amides is 2. The Morgan fingerprint density at radius 3 is 2.68 bits per heavy atom. The van der Waals surface area contributed by atoms with Gasteiger partial charge in [0.1, 0.15) is 5.75 Å². The number of hydrogen-bond acceptors (Lipinski definition) is 4. The van der Waals surface area contributed by atoms with Crippen molar-refractivity contribution >= 4 is 17.5 Å². The van der Waals surface area contributed by atoms with E-state index in [2.05, 4.69) is 10.6 Å². The zero-order valence-corrected chi connectivity index (χ0v) is 14.1. The van der Waals surface area contributed by atoms with Crippen molar-refractivity contribution in [2.24, 2.45) is 0 Å². The summed E-state index contributed by atoms with van der Waals surface area (Å²) in [5.74, 6) is -0.300. The van der Waals surface area contributed by atoms with Crippen molar-refractivity contribution < 1.29 is 14.7 Å². The fourth-order valence-electron chi connectivity index (χ4n) is 2.79. The summed E-state index contributed by atoms with van der Waals surface area (Å²) in [4.78, 5) is 25.6. The maximum atomic E-state index is 12.2. The number of nitrogens with one attached hydrogen (secondary N) is 2. The van der Waals surface area contributed by atoms with Gasteiger partial charge in [-0.2, -0.15) is 0 Å². The number of carbonyl (C=O) groups is 2. The highest BCUT2D eigenvalue weighted by Gasteiger charge is 2.16. The number of rotatable bonds is 4. The van der Waals surface area contributed by atoms with E-state index in [4.69, 9.17) is 0 Å². The monoisotopic (exact) mass is 339 g/mol. The number of hydrogen-bond donors (Lipinski definition) is 3. The molecule has 0 aromatic heterocycles. The van der Waals surface area contributed by atoms with E-state index in [0.717, 1.165) is 23.4 Å². The molecule has 1 aliphatic rings. The Morgan fingerprint density at radius 2 is 2.00 bits per heavy atom. The summed E-state index contributed by atoms with van der Waals surface area (Å²) < 4.78 is 0. The van der Waals surface area contributed by atoms with Crippen LogP contribution in [-0.2, 0) is 11.3 Å². The maximum Gasteiger partial charge on any atom is 0.255 e. The van der Waals surface area contributed by atoms with Crippen LogP contribution in [0.1, 0.15) is 21.5 Å². The third-order valence-corrected chi connectivity index (χ3v) is 4.19. The van der Waals surface area contributed by atoms with Gasteiger partial charge in [-0.05, 0) is 42.3 Å². The van der Waals surface area contributed by atoms with Crippen molar-refractivity contribution in [2.75, 3.05) is 24.5 Å². The van der Waals surface area contributed by atoms with E-state index in [1.807, 2.05) is 36.1 Å². The summed E-state index contributed by atoms with van der Waals surface area (Å²) in [7, 11) is 0. The first-order valence-corrected chi connectivity index (χ1v) is 8.21. The van der Waals surface area contributed by atoms with Crippen molar-refractivity contribution in [1.29, 1.82) is 0 Å². The lowest BCUT2D eigenvalue weighted by Crippen LogP contribution is -2.47. The lowest BCUT2D eigenvalue weighted by molar-refractivity contribution is -0.120. The van der Waals surface area contributed by atoms with Gasteiger partial charge in [-0.15, -0.1) is 0 Å². The molecular formula is C19H21N3O3. The smallest absolute Gasteiger partial charge is 0.255 e. The molecule has 0 atom stereocenters. The first-order chi connectivity index (χ1) is 12.0. The van der Waals surface area contributed by atoms with E-state index in [9.17, 15) is 14.7 Å². The van der Waals surface area contributed by atoms with Gasteiger partial charge in [0.05, 0.1) is 12.1 Å². The highest BCUT2D eigenvalue weighted by molar-refractivity contribution is 5.96. The molecule has 1 aliphatic heterocycles. The molecule has 3 N–H and O–H groups in total. The van der Waals surface area contributed by atoms with E-state index >= 15 is 0 Å². The third kappa shape index (κ3) is 4.09. The molecule has 130 valence electrons. The molecule has 0 saturated carbocycles. The quantitative estimate of drug-likeness (QED) is 0.790. The largest absolute Gasteiger partial charge is 0.507 e. The van der Waals surface area contributed by atoms with Crippen LogP contribution < -0.4 is 15.5 Å². The molecule has 3 rings (SSSR count). The third-order valence-electron chi connectivity index (χ3n) is 4.19. The number of carbonyl (C=O) groups excluding carboxylic acids is 2. The Morgan fingerprint density at radius 1 is 1.24 bits per heavy atom. The van der Waals surface area contributed by atoms with E-state index < -0.39 is 0 Å². The zero-order chi connectivity index (χ0) is 17.8. The predicted octanol–water partition coefficient (Wildman–Crippen LogP) is 1.57. The molecule has 0 radical (unpaired) electrons. The van der Waals surface area contributed by atoms with Gasteiger partial charge < -0.3 is 20.6 Å². The number of aryl methyl sites for hydroxylation is 1. The van der Waals surface area contributed by atoms with Crippen LogP contribution in [0.3, 0.4) is 0 Å². The topological polar surface area (TPSA) is 81.7 Å². The molecule has 0 aliphatic carbocycles. The minimum Gasteiger partial charge on any atom is -0.507 e. The molecule has 1 heterocycles. The fraction of sp³-hybridized carbons (Fsp3) is 0.263. The number of phenols is 1. The van der Waals surface area contributed by atoms with Crippen molar-refractivity contribution in [3.8, 4) is 5.75 Å². The van der Waals surface area contributed by atoms with E-state index in [1.165, 1.54) is 0 Å². The fourth-order valence-corrected chi connectivity index (χ4v) is 2.79. The van der Waals surface area contributed by atoms with Gasteiger partial charge >= 0.3 is 0 Å². The van der Waals surface area contributed by atoms with Crippen molar-refractivity contribution in [3.63, 3.8) is 0 Å². The predicted molar refractivity (Wildman–Crippen MR) is 95.7 cm³/mol. The molecule has 1 fully saturated rings.